The fourth-order valence-corrected chi connectivity index (χ4v) is 2.33. The van der Waals surface area contributed by atoms with Crippen molar-refractivity contribution in [2.24, 2.45) is 0 Å². The van der Waals surface area contributed by atoms with E-state index in [0.717, 1.165) is 18.7 Å². The Morgan fingerprint density at radius 1 is 1.41 bits per heavy atom. The lowest BCUT2D eigenvalue weighted by molar-refractivity contribution is 0.494. The average molecular weight is 257 g/mol. The standard InChI is InChI=1S/C11H19N3O2S/c1-3-13-10(5-4-8-17(2,15)16)11-9-12-6-7-14-11/h6-7,9-10,13H,3-5,8H2,1-2H3. The summed E-state index contributed by atoms with van der Waals surface area (Å²) in [5, 5.41) is 3.29. The molecule has 0 aliphatic heterocycles. The van der Waals surface area contributed by atoms with E-state index in [-0.39, 0.29) is 11.8 Å². The summed E-state index contributed by atoms with van der Waals surface area (Å²) in [4.78, 5) is 8.26. The topological polar surface area (TPSA) is 72.0 Å². The number of hydrogen-bond acceptors (Lipinski definition) is 5. The molecule has 0 aliphatic carbocycles. The number of rotatable bonds is 7. The molecule has 1 heterocycles. The predicted octanol–water partition coefficient (Wildman–Crippen LogP) is 0.952. The van der Waals surface area contributed by atoms with Crippen molar-refractivity contribution < 1.29 is 8.42 Å². The Labute approximate surface area is 103 Å². The Hall–Kier alpha value is -1.01. The van der Waals surface area contributed by atoms with Gasteiger partial charge in [-0.15, -0.1) is 0 Å². The predicted molar refractivity (Wildman–Crippen MR) is 67.4 cm³/mol. The van der Waals surface area contributed by atoms with Crippen molar-refractivity contribution in [3.05, 3.63) is 24.3 Å². The van der Waals surface area contributed by atoms with Gasteiger partial charge in [-0.1, -0.05) is 6.92 Å². The highest BCUT2D eigenvalue weighted by Gasteiger charge is 2.12. The number of hydrogen-bond donors (Lipinski definition) is 1. The second-order valence-corrected chi connectivity index (χ2v) is 6.27. The van der Waals surface area contributed by atoms with Gasteiger partial charge >= 0.3 is 0 Å². The van der Waals surface area contributed by atoms with Crippen LogP contribution in [0.15, 0.2) is 18.6 Å². The molecule has 96 valence electrons. The fourth-order valence-electron chi connectivity index (χ4n) is 1.64. The molecule has 5 nitrogen and oxygen atoms in total. The molecule has 0 saturated heterocycles. The lowest BCUT2D eigenvalue weighted by Gasteiger charge is -2.16. The van der Waals surface area contributed by atoms with Crippen molar-refractivity contribution in [2.75, 3.05) is 18.6 Å². The third kappa shape index (κ3) is 5.74. The summed E-state index contributed by atoms with van der Waals surface area (Å²) in [6.07, 6.45) is 7.64. The van der Waals surface area contributed by atoms with E-state index in [0.29, 0.717) is 6.42 Å². The maximum Gasteiger partial charge on any atom is 0.147 e. The summed E-state index contributed by atoms with van der Waals surface area (Å²) in [5.41, 5.74) is 0.864. The molecule has 0 amide bonds. The van der Waals surface area contributed by atoms with Crippen molar-refractivity contribution in [3.63, 3.8) is 0 Å². The Balaban J connectivity index is 2.56. The van der Waals surface area contributed by atoms with Crippen LogP contribution < -0.4 is 5.32 Å². The molecular weight excluding hydrogens is 238 g/mol. The molecule has 1 atom stereocenters. The molecule has 0 radical (unpaired) electrons. The molecule has 0 spiro atoms. The largest absolute Gasteiger partial charge is 0.309 e. The zero-order valence-corrected chi connectivity index (χ0v) is 11.1. The summed E-state index contributed by atoms with van der Waals surface area (Å²) in [6.45, 7) is 2.83. The normalized spacial score (nSPS) is 13.5. The minimum atomic E-state index is -2.88. The summed E-state index contributed by atoms with van der Waals surface area (Å²) in [6, 6.07) is 0.0791. The van der Waals surface area contributed by atoms with Crippen molar-refractivity contribution in [2.45, 2.75) is 25.8 Å². The van der Waals surface area contributed by atoms with Crippen molar-refractivity contribution in [1.82, 2.24) is 15.3 Å². The molecule has 1 aromatic rings. The van der Waals surface area contributed by atoms with Crippen LogP contribution in [0.25, 0.3) is 0 Å². The zero-order chi connectivity index (χ0) is 12.7. The van der Waals surface area contributed by atoms with Gasteiger partial charge in [0.2, 0.25) is 0 Å². The van der Waals surface area contributed by atoms with Crippen molar-refractivity contribution >= 4 is 9.84 Å². The highest BCUT2D eigenvalue weighted by Crippen LogP contribution is 2.15. The highest BCUT2D eigenvalue weighted by molar-refractivity contribution is 7.90. The third-order valence-corrected chi connectivity index (χ3v) is 3.43. The van der Waals surface area contributed by atoms with E-state index in [1.807, 2.05) is 6.92 Å². The van der Waals surface area contributed by atoms with Gasteiger partial charge in [0.05, 0.1) is 11.7 Å². The molecule has 0 aliphatic rings. The summed E-state index contributed by atoms with van der Waals surface area (Å²) in [7, 11) is -2.88. The van der Waals surface area contributed by atoms with Crippen LogP contribution in [0.4, 0.5) is 0 Å². The fraction of sp³-hybridized carbons (Fsp3) is 0.636. The molecule has 0 bridgehead atoms. The van der Waals surface area contributed by atoms with Crippen LogP contribution in [-0.2, 0) is 9.84 Å². The van der Waals surface area contributed by atoms with Crippen LogP contribution >= 0.6 is 0 Å². The monoisotopic (exact) mass is 257 g/mol. The van der Waals surface area contributed by atoms with Crippen LogP contribution in [0.3, 0.4) is 0 Å². The van der Waals surface area contributed by atoms with Gasteiger partial charge in [-0.05, 0) is 19.4 Å². The zero-order valence-electron chi connectivity index (χ0n) is 10.3. The summed E-state index contributed by atoms with van der Waals surface area (Å²) >= 11 is 0. The van der Waals surface area contributed by atoms with E-state index in [4.69, 9.17) is 0 Å². The average Bonchev–Trinajstić information content (AvgIpc) is 2.27. The molecule has 17 heavy (non-hydrogen) atoms. The molecule has 0 fully saturated rings. The van der Waals surface area contributed by atoms with Crippen LogP contribution in [0.5, 0.6) is 0 Å². The first-order valence-corrected chi connectivity index (χ1v) is 7.76. The summed E-state index contributed by atoms with van der Waals surface area (Å²) in [5.74, 6) is 0.217. The van der Waals surface area contributed by atoms with Gasteiger partial charge in [-0.25, -0.2) is 8.42 Å². The van der Waals surface area contributed by atoms with Gasteiger partial charge in [0.25, 0.3) is 0 Å². The number of nitrogens with one attached hydrogen (secondary N) is 1. The lowest BCUT2D eigenvalue weighted by atomic mass is 10.1. The summed E-state index contributed by atoms with van der Waals surface area (Å²) < 4.78 is 22.1. The SMILES string of the molecule is CCNC(CCCS(C)(=O)=O)c1cnccn1. The van der Waals surface area contributed by atoms with Gasteiger partial charge in [-0.2, -0.15) is 0 Å². The Kier molecular flexibility index (Phi) is 5.50. The van der Waals surface area contributed by atoms with Crippen LogP contribution in [0.1, 0.15) is 31.5 Å². The smallest absolute Gasteiger partial charge is 0.147 e. The first-order valence-electron chi connectivity index (χ1n) is 5.70. The minimum absolute atomic E-state index is 0.0791. The second kappa shape index (κ2) is 6.66. The van der Waals surface area contributed by atoms with E-state index in [1.165, 1.54) is 6.26 Å². The number of aromatic nitrogens is 2. The van der Waals surface area contributed by atoms with Gasteiger partial charge in [0.1, 0.15) is 9.84 Å². The maximum absolute atomic E-state index is 11.1. The Morgan fingerprint density at radius 3 is 2.71 bits per heavy atom. The van der Waals surface area contributed by atoms with Gasteiger partial charge in [-0.3, -0.25) is 9.97 Å². The van der Waals surface area contributed by atoms with Gasteiger partial charge in [0, 0.05) is 30.6 Å². The van der Waals surface area contributed by atoms with E-state index >= 15 is 0 Å². The number of sulfone groups is 1. The van der Waals surface area contributed by atoms with Crippen LogP contribution in [0, 0.1) is 0 Å². The second-order valence-electron chi connectivity index (χ2n) is 4.01. The van der Waals surface area contributed by atoms with E-state index in [2.05, 4.69) is 15.3 Å². The van der Waals surface area contributed by atoms with E-state index in [9.17, 15) is 8.42 Å². The van der Waals surface area contributed by atoms with Crippen molar-refractivity contribution in [3.8, 4) is 0 Å². The highest BCUT2D eigenvalue weighted by atomic mass is 32.2. The minimum Gasteiger partial charge on any atom is -0.309 e. The molecule has 6 heteroatoms. The van der Waals surface area contributed by atoms with Crippen LogP contribution in [-0.4, -0.2) is 36.9 Å². The third-order valence-electron chi connectivity index (χ3n) is 2.40. The first-order chi connectivity index (χ1) is 8.03. The molecule has 1 N–H and O–H groups in total. The molecular formula is C11H19N3O2S. The number of nitrogens with zero attached hydrogens (tertiary/aromatic N) is 2. The molecule has 1 aromatic heterocycles. The van der Waals surface area contributed by atoms with Crippen LogP contribution in [0.2, 0.25) is 0 Å². The van der Waals surface area contributed by atoms with E-state index < -0.39 is 9.84 Å². The quantitative estimate of drug-likeness (QED) is 0.787. The van der Waals surface area contributed by atoms with Gasteiger partial charge in [0.15, 0.2) is 0 Å². The first kappa shape index (κ1) is 14.1. The maximum atomic E-state index is 11.1. The molecule has 0 saturated carbocycles. The molecule has 0 aromatic carbocycles. The molecule has 1 unspecified atom stereocenters. The van der Waals surface area contributed by atoms with Crippen molar-refractivity contribution in [1.29, 1.82) is 0 Å². The molecule has 1 rings (SSSR count). The Bertz CT molecular complexity index is 420. The lowest BCUT2D eigenvalue weighted by Crippen LogP contribution is -2.22. The van der Waals surface area contributed by atoms with Gasteiger partial charge < -0.3 is 5.32 Å². The Morgan fingerprint density at radius 2 is 2.18 bits per heavy atom. The van der Waals surface area contributed by atoms with E-state index in [1.54, 1.807) is 18.6 Å².